The summed E-state index contributed by atoms with van der Waals surface area (Å²) in [6.07, 6.45) is 0.555. The zero-order valence-corrected chi connectivity index (χ0v) is 9.37. The maximum Gasteiger partial charge on any atom is 0.303 e. The van der Waals surface area contributed by atoms with Gasteiger partial charge in [-0.15, -0.1) is 0 Å². The molecule has 0 fully saturated rings. The van der Waals surface area contributed by atoms with Crippen LogP contribution in [0.3, 0.4) is 0 Å². The van der Waals surface area contributed by atoms with Crippen molar-refractivity contribution in [3.05, 3.63) is 29.1 Å². The number of carbonyl (C=O) groups is 1. The number of imidazole rings is 1. The smallest absolute Gasteiger partial charge is 0.303 e. The Morgan fingerprint density at radius 1 is 1.38 bits per heavy atom. The summed E-state index contributed by atoms with van der Waals surface area (Å²) in [6, 6.07) is 4.06. The average molecular weight is 218 g/mol. The van der Waals surface area contributed by atoms with Gasteiger partial charge in [0.1, 0.15) is 5.82 Å². The van der Waals surface area contributed by atoms with Gasteiger partial charge in [0, 0.05) is 6.42 Å². The van der Waals surface area contributed by atoms with Crippen molar-refractivity contribution in [1.29, 1.82) is 0 Å². The summed E-state index contributed by atoms with van der Waals surface area (Å²) in [6.45, 7) is 4.09. The van der Waals surface area contributed by atoms with E-state index in [4.69, 9.17) is 5.11 Å². The summed E-state index contributed by atoms with van der Waals surface area (Å²) in [4.78, 5) is 18.0. The Kier molecular flexibility index (Phi) is 2.64. The molecule has 0 atom stereocenters. The molecule has 0 saturated heterocycles. The lowest BCUT2D eigenvalue weighted by molar-refractivity contribution is -0.137. The second-order valence-electron chi connectivity index (χ2n) is 4.03. The van der Waals surface area contributed by atoms with Crippen molar-refractivity contribution in [3.63, 3.8) is 0 Å². The average Bonchev–Trinajstić information content (AvgIpc) is 2.58. The van der Waals surface area contributed by atoms with Crippen molar-refractivity contribution in [2.24, 2.45) is 0 Å². The largest absolute Gasteiger partial charge is 0.481 e. The molecule has 0 spiro atoms. The first kappa shape index (κ1) is 10.7. The molecule has 4 heteroatoms. The van der Waals surface area contributed by atoms with Gasteiger partial charge in [-0.05, 0) is 37.1 Å². The van der Waals surface area contributed by atoms with Crippen molar-refractivity contribution in [2.75, 3.05) is 0 Å². The first-order valence-corrected chi connectivity index (χ1v) is 5.24. The minimum Gasteiger partial charge on any atom is -0.481 e. The van der Waals surface area contributed by atoms with E-state index in [1.807, 2.05) is 26.0 Å². The van der Waals surface area contributed by atoms with Crippen LogP contribution < -0.4 is 0 Å². The Hall–Kier alpha value is -1.84. The highest BCUT2D eigenvalue weighted by Crippen LogP contribution is 2.17. The summed E-state index contributed by atoms with van der Waals surface area (Å²) in [5.41, 5.74) is 4.29. The number of benzene rings is 1. The summed E-state index contributed by atoms with van der Waals surface area (Å²) in [5, 5.41) is 8.60. The van der Waals surface area contributed by atoms with Gasteiger partial charge in [0.2, 0.25) is 0 Å². The van der Waals surface area contributed by atoms with Crippen LogP contribution in [0.25, 0.3) is 11.0 Å². The number of aromatic amines is 1. The molecule has 0 aliphatic carbocycles. The van der Waals surface area contributed by atoms with E-state index in [1.54, 1.807) is 0 Å². The Bertz CT molecular complexity index is 504. The fraction of sp³-hybridized carbons (Fsp3) is 0.333. The van der Waals surface area contributed by atoms with Crippen LogP contribution in [0.4, 0.5) is 0 Å². The van der Waals surface area contributed by atoms with Gasteiger partial charge in [-0.25, -0.2) is 4.98 Å². The molecule has 1 aromatic heterocycles. The number of nitrogens with one attached hydrogen (secondary N) is 1. The van der Waals surface area contributed by atoms with Gasteiger partial charge >= 0.3 is 5.97 Å². The number of rotatable bonds is 3. The quantitative estimate of drug-likeness (QED) is 0.829. The molecule has 16 heavy (non-hydrogen) atoms. The van der Waals surface area contributed by atoms with Crippen molar-refractivity contribution < 1.29 is 9.90 Å². The highest BCUT2D eigenvalue weighted by atomic mass is 16.4. The van der Waals surface area contributed by atoms with Crippen molar-refractivity contribution >= 4 is 17.0 Å². The minimum absolute atomic E-state index is 0.109. The topological polar surface area (TPSA) is 66.0 Å². The first-order chi connectivity index (χ1) is 7.56. The standard InChI is InChI=1S/C12H14N2O2/c1-7-5-9-10(6-8(7)2)14-11(13-9)3-4-12(15)16/h5-6H,3-4H2,1-2H3,(H,13,14)(H,15,16). The Balaban J connectivity index is 2.33. The third kappa shape index (κ3) is 2.05. The molecule has 0 saturated carbocycles. The first-order valence-electron chi connectivity index (χ1n) is 5.24. The van der Waals surface area contributed by atoms with Gasteiger partial charge in [0.25, 0.3) is 0 Å². The van der Waals surface area contributed by atoms with Crippen LogP contribution in [0, 0.1) is 13.8 Å². The van der Waals surface area contributed by atoms with Crippen LogP contribution in [-0.2, 0) is 11.2 Å². The van der Waals surface area contributed by atoms with Gasteiger partial charge in [0.05, 0.1) is 17.5 Å². The van der Waals surface area contributed by atoms with Gasteiger partial charge in [-0.3, -0.25) is 4.79 Å². The monoisotopic (exact) mass is 218 g/mol. The molecule has 1 aromatic carbocycles. The number of hydrogen-bond donors (Lipinski definition) is 2. The highest BCUT2D eigenvalue weighted by molar-refractivity contribution is 5.77. The molecule has 0 bridgehead atoms. The third-order valence-electron chi connectivity index (χ3n) is 2.72. The lowest BCUT2D eigenvalue weighted by atomic mass is 10.1. The Morgan fingerprint density at radius 2 is 2.06 bits per heavy atom. The molecule has 4 nitrogen and oxygen atoms in total. The van der Waals surface area contributed by atoms with Crippen LogP contribution in [0.5, 0.6) is 0 Å². The number of aliphatic carboxylic acids is 1. The van der Waals surface area contributed by atoms with Crippen LogP contribution >= 0.6 is 0 Å². The van der Waals surface area contributed by atoms with Crippen molar-refractivity contribution in [3.8, 4) is 0 Å². The van der Waals surface area contributed by atoms with E-state index in [2.05, 4.69) is 9.97 Å². The number of nitrogens with zero attached hydrogens (tertiary/aromatic N) is 1. The molecule has 2 aromatic rings. The van der Waals surface area contributed by atoms with Crippen LogP contribution in [0.1, 0.15) is 23.4 Å². The summed E-state index contributed by atoms with van der Waals surface area (Å²) >= 11 is 0. The van der Waals surface area contributed by atoms with Crippen LogP contribution in [-0.4, -0.2) is 21.0 Å². The van der Waals surface area contributed by atoms with E-state index in [9.17, 15) is 4.79 Å². The number of fused-ring (bicyclic) bond motifs is 1. The molecule has 2 N–H and O–H groups in total. The number of carboxylic acid groups (broad SMARTS) is 1. The van der Waals surface area contributed by atoms with Crippen LogP contribution in [0.2, 0.25) is 0 Å². The zero-order chi connectivity index (χ0) is 11.7. The lowest BCUT2D eigenvalue weighted by Gasteiger charge is -1.97. The summed E-state index contributed by atoms with van der Waals surface area (Å²) in [5.74, 6) is -0.0600. The number of carboxylic acids is 1. The van der Waals surface area contributed by atoms with Gasteiger partial charge in [-0.2, -0.15) is 0 Å². The second kappa shape index (κ2) is 3.96. The minimum atomic E-state index is -0.798. The fourth-order valence-corrected chi connectivity index (χ4v) is 1.67. The fourth-order valence-electron chi connectivity index (χ4n) is 1.67. The maximum absolute atomic E-state index is 10.5. The summed E-state index contributed by atoms with van der Waals surface area (Å²) < 4.78 is 0. The predicted octanol–water partition coefficient (Wildman–Crippen LogP) is 2.20. The Morgan fingerprint density at radius 3 is 2.75 bits per heavy atom. The molecule has 84 valence electrons. The van der Waals surface area contributed by atoms with E-state index in [1.165, 1.54) is 11.1 Å². The lowest BCUT2D eigenvalue weighted by Crippen LogP contribution is -1.98. The van der Waals surface area contributed by atoms with Crippen molar-refractivity contribution in [2.45, 2.75) is 26.7 Å². The molecule has 0 amide bonds. The molecule has 0 unspecified atom stereocenters. The molecule has 2 rings (SSSR count). The van der Waals surface area contributed by atoms with E-state index >= 15 is 0 Å². The molecule has 0 aliphatic heterocycles. The zero-order valence-electron chi connectivity index (χ0n) is 9.37. The van der Waals surface area contributed by atoms with E-state index in [0.717, 1.165) is 16.9 Å². The third-order valence-corrected chi connectivity index (χ3v) is 2.72. The van der Waals surface area contributed by atoms with E-state index in [0.29, 0.717) is 6.42 Å². The summed E-state index contributed by atoms with van der Waals surface area (Å²) in [7, 11) is 0. The number of H-pyrrole nitrogens is 1. The van der Waals surface area contributed by atoms with Crippen LogP contribution in [0.15, 0.2) is 12.1 Å². The normalized spacial score (nSPS) is 10.9. The van der Waals surface area contributed by atoms with Crippen molar-refractivity contribution in [1.82, 2.24) is 9.97 Å². The molecule has 0 radical (unpaired) electrons. The highest BCUT2D eigenvalue weighted by Gasteiger charge is 2.06. The molecular weight excluding hydrogens is 204 g/mol. The SMILES string of the molecule is Cc1cc2nc(CCC(=O)O)[nH]c2cc1C. The number of aromatic nitrogens is 2. The van der Waals surface area contributed by atoms with Gasteiger partial charge in [0.15, 0.2) is 0 Å². The van der Waals surface area contributed by atoms with E-state index in [-0.39, 0.29) is 6.42 Å². The Labute approximate surface area is 93.3 Å². The van der Waals surface area contributed by atoms with E-state index < -0.39 is 5.97 Å². The second-order valence-corrected chi connectivity index (χ2v) is 4.03. The molecular formula is C12H14N2O2. The number of aryl methyl sites for hydroxylation is 3. The predicted molar refractivity (Wildman–Crippen MR) is 61.5 cm³/mol. The van der Waals surface area contributed by atoms with Gasteiger partial charge in [-0.1, -0.05) is 0 Å². The maximum atomic E-state index is 10.5. The number of hydrogen-bond acceptors (Lipinski definition) is 2. The molecule has 1 heterocycles. The van der Waals surface area contributed by atoms with Gasteiger partial charge < -0.3 is 10.1 Å². The molecule has 0 aliphatic rings.